The van der Waals surface area contributed by atoms with Crippen LogP contribution < -0.4 is 9.64 Å². The predicted molar refractivity (Wildman–Crippen MR) is 101 cm³/mol. The van der Waals surface area contributed by atoms with Gasteiger partial charge in [0.15, 0.2) is 0 Å². The van der Waals surface area contributed by atoms with Gasteiger partial charge in [-0.1, -0.05) is 30.3 Å². The second kappa shape index (κ2) is 7.75. The minimum atomic E-state index is -0.116. The van der Waals surface area contributed by atoms with Crippen LogP contribution in [0.1, 0.15) is 30.4 Å². The summed E-state index contributed by atoms with van der Waals surface area (Å²) in [6.07, 6.45) is 4.32. The lowest BCUT2D eigenvalue weighted by molar-refractivity contribution is -0.118. The average molecular weight is 341 g/mol. The minimum absolute atomic E-state index is 0.116. The molecule has 4 heteroatoms. The van der Waals surface area contributed by atoms with Gasteiger partial charge in [-0.3, -0.25) is 4.79 Å². The Morgan fingerprint density at radius 2 is 1.96 bits per heavy atom. The molecule has 24 heavy (non-hydrogen) atoms. The fourth-order valence-electron chi connectivity index (χ4n) is 3.05. The molecule has 1 atom stereocenters. The summed E-state index contributed by atoms with van der Waals surface area (Å²) in [5.74, 6) is 1.00. The number of anilines is 1. The van der Waals surface area contributed by atoms with Crippen molar-refractivity contribution in [2.24, 2.45) is 0 Å². The van der Waals surface area contributed by atoms with Crippen molar-refractivity contribution >= 4 is 24.2 Å². The number of thiol groups is 1. The fourth-order valence-corrected chi connectivity index (χ4v) is 3.35. The zero-order valence-electron chi connectivity index (χ0n) is 13.9. The van der Waals surface area contributed by atoms with E-state index >= 15 is 0 Å². The molecule has 0 saturated heterocycles. The molecular weight excluding hydrogens is 318 g/mol. The van der Waals surface area contributed by atoms with E-state index in [1.54, 1.807) is 4.90 Å². The lowest BCUT2D eigenvalue weighted by atomic mass is 10.0. The molecule has 0 fully saturated rings. The third kappa shape index (κ3) is 4.12. The number of aryl methyl sites for hydroxylation is 2. The van der Waals surface area contributed by atoms with Crippen LogP contribution in [0.25, 0.3) is 0 Å². The molecule has 126 valence electrons. The second-order valence-electron chi connectivity index (χ2n) is 6.19. The Morgan fingerprint density at radius 3 is 2.75 bits per heavy atom. The summed E-state index contributed by atoms with van der Waals surface area (Å²) in [5.41, 5.74) is 3.38. The molecule has 0 spiro atoms. The number of amides is 1. The molecule has 0 radical (unpaired) electrons. The highest BCUT2D eigenvalue weighted by Crippen LogP contribution is 2.31. The smallest absolute Gasteiger partial charge is 0.227 e. The predicted octanol–water partition coefficient (Wildman–Crippen LogP) is 4.25. The third-order valence-corrected chi connectivity index (χ3v) is 4.79. The molecule has 3 nitrogen and oxygen atoms in total. The number of nitrogens with zero attached hydrogens (tertiary/aromatic N) is 1. The quantitative estimate of drug-likeness (QED) is 0.629. The molecule has 0 N–H and O–H groups in total. The number of carbonyl (C=O) groups excluding carboxylic acids is 1. The van der Waals surface area contributed by atoms with Crippen LogP contribution in [-0.4, -0.2) is 18.4 Å². The summed E-state index contributed by atoms with van der Waals surface area (Å²) in [6, 6.07) is 16.4. The van der Waals surface area contributed by atoms with E-state index in [1.807, 2.05) is 31.3 Å². The Balaban J connectivity index is 1.53. The van der Waals surface area contributed by atoms with Crippen molar-refractivity contribution in [3.8, 4) is 5.75 Å². The summed E-state index contributed by atoms with van der Waals surface area (Å²) in [7, 11) is 1.83. The van der Waals surface area contributed by atoms with E-state index in [4.69, 9.17) is 4.74 Å². The Bertz CT molecular complexity index is 702. The second-order valence-corrected chi connectivity index (χ2v) is 6.77. The fraction of sp³-hybridized carbons (Fsp3) is 0.350. The van der Waals surface area contributed by atoms with Gasteiger partial charge in [-0.15, -0.1) is 12.6 Å². The van der Waals surface area contributed by atoms with Crippen LogP contribution in [0.5, 0.6) is 5.75 Å². The van der Waals surface area contributed by atoms with Crippen LogP contribution in [0, 0.1) is 0 Å². The van der Waals surface area contributed by atoms with Gasteiger partial charge in [0.25, 0.3) is 0 Å². The van der Waals surface area contributed by atoms with Gasteiger partial charge in [-0.25, -0.2) is 0 Å². The summed E-state index contributed by atoms with van der Waals surface area (Å²) < 4.78 is 5.94. The number of benzene rings is 2. The zero-order chi connectivity index (χ0) is 16.9. The normalized spacial score (nSPS) is 15.1. The molecule has 0 saturated carbocycles. The number of hydrogen-bond acceptors (Lipinski definition) is 3. The molecule has 1 aliphatic heterocycles. The van der Waals surface area contributed by atoms with Crippen molar-refractivity contribution in [2.75, 3.05) is 11.9 Å². The van der Waals surface area contributed by atoms with Crippen LogP contribution in [0.15, 0.2) is 48.5 Å². The summed E-state index contributed by atoms with van der Waals surface area (Å²) >= 11 is 4.56. The first-order valence-electron chi connectivity index (χ1n) is 8.41. The van der Waals surface area contributed by atoms with Gasteiger partial charge in [0.2, 0.25) is 5.91 Å². The molecule has 0 aromatic heterocycles. The van der Waals surface area contributed by atoms with E-state index in [-0.39, 0.29) is 11.3 Å². The molecule has 3 rings (SSSR count). The first kappa shape index (κ1) is 16.9. The molecule has 0 bridgehead atoms. The molecule has 1 aliphatic rings. The average Bonchev–Trinajstić information content (AvgIpc) is 2.59. The first-order chi connectivity index (χ1) is 11.6. The minimum Gasteiger partial charge on any atom is -0.480 e. The Morgan fingerprint density at radius 1 is 1.17 bits per heavy atom. The van der Waals surface area contributed by atoms with E-state index < -0.39 is 0 Å². The van der Waals surface area contributed by atoms with Gasteiger partial charge in [0, 0.05) is 19.2 Å². The molecular formula is C20H23NO2S. The molecule has 2 aromatic rings. The van der Waals surface area contributed by atoms with Crippen molar-refractivity contribution in [1.29, 1.82) is 0 Å². The highest BCUT2D eigenvalue weighted by molar-refractivity contribution is 7.80. The highest BCUT2D eigenvalue weighted by atomic mass is 32.1. The van der Waals surface area contributed by atoms with Crippen LogP contribution in [0.4, 0.5) is 5.69 Å². The summed E-state index contributed by atoms with van der Waals surface area (Å²) in [6.45, 7) is 0. The first-order valence-corrected chi connectivity index (χ1v) is 8.93. The van der Waals surface area contributed by atoms with E-state index in [9.17, 15) is 4.79 Å². The number of hydrogen-bond donors (Lipinski definition) is 1. The number of carbonyl (C=O) groups is 1. The monoisotopic (exact) mass is 341 g/mol. The van der Waals surface area contributed by atoms with E-state index in [0.29, 0.717) is 6.42 Å². The molecule has 1 amide bonds. The Hall–Kier alpha value is -1.94. The van der Waals surface area contributed by atoms with Crippen LogP contribution in [0.2, 0.25) is 0 Å². The van der Waals surface area contributed by atoms with Gasteiger partial charge in [0.05, 0.1) is 0 Å². The van der Waals surface area contributed by atoms with Gasteiger partial charge in [-0.2, -0.15) is 0 Å². The van der Waals surface area contributed by atoms with Crippen LogP contribution >= 0.6 is 12.6 Å². The van der Waals surface area contributed by atoms with Crippen molar-refractivity contribution in [3.63, 3.8) is 0 Å². The van der Waals surface area contributed by atoms with E-state index in [0.717, 1.165) is 37.1 Å². The maximum absolute atomic E-state index is 11.7. The number of rotatable bonds is 6. The van der Waals surface area contributed by atoms with Crippen LogP contribution in [0.3, 0.4) is 0 Å². The van der Waals surface area contributed by atoms with Gasteiger partial charge < -0.3 is 9.64 Å². The van der Waals surface area contributed by atoms with E-state index in [2.05, 4.69) is 36.9 Å². The van der Waals surface area contributed by atoms with Crippen LogP contribution in [-0.2, 0) is 17.6 Å². The highest BCUT2D eigenvalue weighted by Gasteiger charge is 2.21. The molecule has 1 unspecified atom stereocenters. The maximum atomic E-state index is 11.7. The lowest BCUT2D eigenvalue weighted by Gasteiger charge is -2.26. The van der Waals surface area contributed by atoms with Crippen molar-refractivity contribution in [2.45, 2.75) is 37.5 Å². The van der Waals surface area contributed by atoms with Gasteiger partial charge >= 0.3 is 0 Å². The summed E-state index contributed by atoms with van der Waals surface area (Å²) in [4.78, 5) is 13.5. The summed E-state index contributed by atoms with van der Waals surface area (Å²) in [5, 5.41) is 0. The third-order valence-electron chi connectivity index (χ3n) is 4.43. The molecule has 2 aromatic carbocycles. The largest absolute Gasteiger partial charge is 0.480 e. The van der Waals surface area contributed by atoms with Crippen molar-refractivity contribution in [1.82, 2.24) is 0 Å². The topological polar surface area (TPSA) is 29.5 Å². The van der Waals surface area contributed by atoms with E-state index in [1.165, 1.54) is 11.1 Å². The molecule has 0 aliphatic carbocycles. The molecule has 1 heterocycles. The van der Waals surface area contributed by atoms with Crippen molar-refractivity contribution in [3.05, 3.63) is 59.7 Å². The number of ether oxygens (including phenoxy) is 1. The maximum Gasteiger partial charge on any atom is 0.227 e. The lowest BCUT2D eigenvalue weighted by Crippen LogP contribution is -2.31. The zero-order valence-corrected chi connectivity index (χ0v) is 14.8. The number of fused-ring (bicyclic) bond motifs is 1. The Kier molecular flexibility index (Phi) is 5.46. The standard InChI is InChI=1S/C20H23NO2S/c1-21-18-12-11-17(14-16(18)10-13-19(21)22)23-20(24)9-5-8-15-6-3-2-4-7-15/h2-4,6-7,11-12,14,20,24H,5,8-10,13H2,1H3. The van der Waals surface area contributed by atoms with Gasteiger partial charge in [0.1, 0.15) is 11.2 Å². The Labute approximate surface area is 149 Å². The van der Waals surface area contributed by atoms with Gasteiger partial charge in [-0.05, 0) is 55.0 Å². The van der Waals surface area contributed by atoms with Crippen molar-refractivity contribution < 1.29 is 9.53 Å². The SMILES string of the molecule is CN1C(=O)CCc2cc(OC(S)CCCc3ccccc3)ccc21.